The summed E-state index contributed by atoms with van der Waals surface area (Å²) < 4.78 is 0. The van der Waals surface area contributed by atoms with E-state index in [0.29, 0.717) is 15.8 Å². The second-order valence-electron chi connectivity index (χ2n) is 5.56. The lowest BCUT2D eigenvalue weighted by Crippen LogP contribution is -2.28. The zero-order valence-electron chi connectivity index (χ0n) is 12.6. The molecule has 1 fully saturated rings. The number of carbonyl (C=O) groups excluding carboxylic acids is 1. The maximum Gasteiger partial charge on any atom is 0.238 e. The first kappa shape index (κ1) is 15.8. The van der Waals surface area contributed by atoms with E-state index in [1.54, 1.807) is 11.8 Å². The van der Waals surface area contributed by atoms with Crippen LogP contribution >= 0.6 is 35.0 Å². The number of hydrogen-bond donors (Lipinski definition) is 0. The van der Waals surface area contributed by atoms with Gasteiger partial charge in [-0.3, -0.25) is 9.69 Å². The van der Waals surface area contributed by atoms with Gasteiger partial charge in [-0.15, -0.1) is 11.8 Å². The normalized spacial score (nSPS) is 17.7. The van der Waals surface area contributed by atoms with Gasteiger partial charge >= 0.3 is 0 Å². The number of fused-ring (bicyclic) bond motifs is 1. The van der Waals surface area contributed by atoms with Gasteiger partial charge in [-0.2, -0.15) is 0 Å². The SMILES string of the molecule is O=C1CSC(c2c(Cl)cccc2Cl)N1c1cccc2ccccc12. The fraction of sp³-hybridized carbons (Fsp3) is 0.105. The third-order valence-electron chi connectivity index (χ3n) is 4.14. The quantitative estimate of drug-likeness (QED) is 0.555. The molecule has 0 aromatic heterocycles. The van der Waals surface area contributed by atoms with Crippen LogP contribution in [0.4, 0.5) is 5.69 Å². The molecule has 2 nitrogen and oxygen atoms in total. The molecule has 4 rings (SSSR count). The van der Waals surface area contributed by atoms with Gasteiger partial charge in [-0.05, 0) is 23.6 Å². The van der Waals surface area contributed by atoms with Crippen molar-refractivity contribution in [2.75, 3.05) is 10.7 Å². The van der Waals surface area contributed by atoms with Crippen LogP contribution in [0.3, 0.4) is 0 Å². The summed E-state index contributed by atoms with van der Waals surface area (Å²) in [6, 6.07) is 19.5. The standard InChI is InChI=1S/C19H13Cl2NOS/c20-14-8-4-9-15(21)18(14)19-22(17(23)11-24-19)16-10-3-6-12-5-1-2-7-13(12)16/h1-10,19H,11H2. The molecule has 0 aliphatic carbocycles. The predicted octanol–water partition coefficient (Wildman–Crippen LogP) is 5.93. The van der Waals surface area contributed by atoms with E-state index in [4.69, 9.17) is 23.2 Å². The van der Waals surface area contributed by atoms with E-state index >= 15 is 0 Å². The summed E-state index contributed by atoms with van der Waals surface area (Å²) in [6.45, 7) is 0. The van der Waals surface area contributed by atoms with E-state index in [0.717, 1.165) is 22.0 Å². The first-order chi connectivity index (χ1) is 11.7. The number of nitrogens with zero attached hydrogens (tertiary/aromatic N) is 1. The molecule has 3 aromatic rings. The summed E-state index contributed by atoms with van der Waals surface area (Å²) in [5.74, 6) is 0.479. The van der Waals surface area contributed by atoms with Crippen LogP contribution in [0, 0.1) is 0 Å². The molecule has 1 amide bonds. The topological polar surface area (TPSA) is 20.3 Å². The van der Waals surface area contributed by atoms with E-state index < -0.39 is 0 Å². The van der Waals surface area contributed by atoms with Crippen LogP contribution < -0.4 is 4.90 Å². The maximum atomic E-state index is 12.6. The summed E-state index contributed by atoms with van der Waals surface area (Å²) in [4.78, 5) is 14.5. The smallest absolute Gasteiger partial charge is 0.238 e. The Morgan fingerprint density at radius 2 is 1.58 bits per heavy atom. The summed E-state index contributed by atoms with van der Waals surface area (Å²) >= 11 is 14.3. The highest BCUT2D eigenvalue weighted by atomic mass is 35.5. The molecule has 0 bridgehead atoms. The Labute approximate surface area is 154 Å². The predicted molar refractivity (Wildman–Crippen MR) is 103 cm³/mol. The van der Waals surface area contributed by atoms with Crippen molar-refractivity contribution in [2.24, 2.45) is 0 Å². The Morgan fingerprint density at radius 1 is 0.917 bits per heavy atom. The molecular formula is C19H13Cl2NOS. The average Bonchev–Trinajstić information content (AvgIpc) is 2.95. The van der Waals surface area contributed by atoms with Gasteiger partial charge in [-0.1, -0.05) is 65.7 Å². The van der Waals surface area contributed by atoms with E-state index in [9.17, 15) is 4.79 Å². The molecular weight excluding hydrogens is 361 g/mol. The number of carbonyl (C=O) groups is 1. The van der Waals surface area contributed by atoms with Crippen LogP contribution in [0.5, 0.6) is 0 Å². The highest BCUT2D eigenvalue weighted by Gasteiger charge is 2.37. The summed E-state index contributed by atoms with van der Waals surface area (Å²) in [6.07, 6.45) is 0. The van der Waals surface area contributed by atoms with Gasteiger partial charge in [0, 0.05) is 21.0 Å². The molecule has 0 radical (unpaired) electrons. The number of rotatable bonds is 2. The molecule has 120 valence electrons. The first-order valence-corrected chi connectivity index (χ1v) is 9.32. The van der Waals surface area contributed by atoms with Crippen molar-refractivity contribution in [3.63, 3.8) is 0 Å². The fourth-order valence-corrected chi connectivity index (χ4v) is 5.04. The lowest BCUT2D eigenvalue weighted by atomic mass is 10.1. The Morgan fingerprint density at radius 3 is 2.38 bits per heavy atom. The third-order valence-corrected chi connectivity index (χ3v) is 5.98. The van der Waals surface area contributed by atoms with E-state index in [2.05, 4.69) is 0 Å². The van der Waals surface area contributed by atoms with Gasteiger partial charge in [0.25, 0.3) is 0 Å². The molecule has 1 unspecified atom stereocenters. The minimum Gasteiger partial charge on any atom is -0.294 e. The molecule has 3 aromatic carbocycles. The van der Waals surface area contributed by atoms with Gasteiger partial charge in [0.05, 0.1) is 11.4 Å². The molecule has 1 heterocycles. The lowest BCUT2D eigenvalue weighted by molar-refractivity contribution is -0.115. The van der Waals surface area contributed by atoms with Crippen LogP contribution in [-0.4, -0.2) is 11.7 Å². The van der Waals surface area contributed by atoms with E-state index in [1.165, 1.54) is 0 Å². The van der Waals surface area contributed by atoms with E-state index in [-0.39, 0.29) is 11.3 Å². The molecule has 1 aliphatic rings. The highest BCUT2D eigenvalue weighted by molar-refractivity contribution is 8.00. The third kappa shape index (κ3) is 2.57. The highest BCUT2D eigenvalue weighted by Crippen LogP contribution is 2.47. The van der Waals surface area contributed by atoms with Crippen molar-refractivity contribution >= 4 is 57.3 Å². The monoisotopic (exact) mass is 373 g/mol. The Balaban J connectivity index is 1.90. The maximum absolute atomic E-state index is 12.6. The Kier molecular flexibility index (Phi) is 4.17. The minimum atomic E-state index is -0.218. The minimum absolute atomic E-state index is 0.0670. The molecule has 1 aliphatic heterocycles. The zero-order valence-corrected chi connectivity index (χ0v) is 14.9. The van der Waals surface area contributed by atoms with Crippen LogP contribution in [-0.2, 0) is 4.79 Å². The molecule has 0 N–H and O–H groups in total. The average molecular weight is 374 g/mol. The van der Waals surface area contributed by atoms with Gasteiger partial charge in [0.2, 0.25) is 5.91 Å². The van der Waals surface area contributed by atoms with Gasteiger partial charge in [-0.25, -0.2) is 0 Å². The van der Waals surface area contributed by atoms with Crippen LogP contribution in [0.15, 0.2) is 60.7 Å². The first-order valence-electron chi connectivity index (χ1n) is 7.52. The number of halogens is 2. The van der Waals surface area contributed by atoms with Crippen molar-refractivity contribution in [3.8, 4) is 0 Å². The van der Waals surface area contributed by atoms with Crippen LogP contribution in [0.25, 0.3) is 10.8 Å². The fourth-order valence-electron chi connectivity index (χ4n) is 3.06. The Bertz CT molecular complexity index is 918. The van der Waals surface area contributed by atoms with Crippen molar-refractivity contribution in [2.45, 2.75) is 5.37 Å². The van der Waals surface area contributed by atoms with E-state index in [1.807, 2.05) is 65.6 Å². The Hall–Kier alpha value is -1.68. The van der Waals surface area contributed by atoms with Crippen molar-refractivity contribution in [1.82, 2.24) is 0 Å². The molecule has 5 heteroatoms. The largest absolute Gasteiger partial charge is 0.294 e. The summed E-state index contributed by atoms with van der Waals surface area (Å²) in [5.41, 5.74) is 1.69. The second kappa shape index (κ2) is 6.32. The molecule has 24 heavy (non-hydrogen) atoms. The number of amides is 1. The van der Waals surface area contributed by atoms with Gasteiger partial charge < -0.3 is 0 Å². The molecule has 1 atom stereocenters. The zero-order chi connectivity index (χ0) is 16.7. The van der Waals surface area contributed by atoms with Crippen LogP contribution in [0.1, 0.15) is 10.9 Å². The summed E-state index contributed by atoms with van der Waals surface area (Å²) in [7, 11) is 0. The van der Waals surface area contributed by atoms with Crippen molar-refractivity contribution in [3.05, 3.63) is 76.3 Å². The second-order valence-corrected chi connectivity index (χ2v) is 7.44. The lowest BCUT2D eigenvalue weighted by Gasteiger charge is -2.27. The molecule has 1 saturated heterocycles. The number of thioether (sulfide) groups is 1. The van der Waals surface area contributed by atoms with Gasteiger partial charge in [0.1, 0.15) is 5.37 Å². The van der Waals surface area contributed by atoms with Crippen molar-refractivity contribution in [1.29, 1.82) is 0 Å². The molecule has 0 spiro atoms. The van der Waals surface area contributed by atoms with Gasteiger partial charge in [0.15, 0.2) is 0 Å². The number of benzene rings is 3. The van der Waals surface area contributed by atoms with Crippen molar-refractivity contribution < 1.29 is 4.79 Å². The summed E-state index contributed by atoms with van der Waals surface area (Å²) in [5, 5.41) is 3.09. The number of anilines is 1. The molecule has 0 saturated carbocycles. The van der Waals surface area contributed by atoms with Crippen LogP contribution in [0.2, 0.25) is 10.0 Å². The number of hydrogen-bond acceptors (Lipinski definition) is 2.